The van der Waals surface area contributed by atoms with Gasteiger partial charge in [0, 0.05) is 12.1 Å². The molecule has 6 nitrogen and oxygen atoms in total. The number of cyclic esters (lactones) is 1. The first-order chi connectivity index (χ1) is 11.3. The Balaban J connectivity index is 1.60. The SMILES string of the molecule is CC(C)(C)OC(=O)N1CCCC1COc1ccc2c(c1)COC2=O. The van der Waals surface area contributed by atoms with Crippen LogP contribution in [-0.4, -0.2) is 41.8 Å². The van der Waals surface area contributed by atoms with Crippen molar-refractivity contribution in [1.29, 1.82) is 0 Å². The second kappa shape index (κ2) is 6.34. The molecule has 1 fully saturated rings. The summed E-state index contributed by atoms with van der Waals surface area (Å²) in [5, 5.41) is 0. The van der Waals surface area contributed by atoms with Gasteiger partial charge in [0.2, 0.25) is 0 Å². The number of rotatable bonds is 3. The smallest absolute Gasteiger partial charge is 0.410 e. The van der Waals surface area contributed by atoms with Crippen molar-refractivity contribution in [2.45, 2.75) is 51.9 Å². The van der Waals surface area contributed by atoms with E-state index in [1.807, 2.05) is 26.8 Å². The maximum atomic E-state index is 12.3. The van der Waals surface area contributed by atoms with Crippen LogP contribution in [0.1, 0.15) is 49.5 Å². The molecule has 24 heavy (non-hydrogen) atoms. The minimum Gasteiger partial charge on any atom is -0.491 e. The van der Waals surface area contributed by atoms with E-state index in [0.29, 0.717) is 31.1 Å². The fourth-order valence-electron chi connectivity index (χ4n) is 2.96. The lowest BCUT2D eigenvalue weighted by atomic mass is 10.1. The molecule has 0 bridgehead atoms. The highest BCUT2D eigenvalue weighted by Gasteiger charge is 2.32. The lowest BCUT2D eigenvalue weighted by Crippen LogP contribution is -2.42. The summed E-state index contributed by atoms with van der Waals surface area (Å²) in [6.45, 7) is 6.97. The van der Waals surface area contributed by atoms with Crippen molar-refractivity contribution in [1.82, 2.24) is 4.90 Å². The van der Waals surface area contributed by atoms with E-state index in [1.54, 1.807) is 17.0 Å². The Bertz CT molecular complexity index is 649. The first-order valence-corrected chi connectivity index (χ1v) is 8.26. The zero-order valence-corrected chi connectivity index (χ0v) is 14.3. The van der Waals surface area contributed by atoms with E-state index in [1.165, 1.54) is 0 Å². The van der Waals surface area contributed by atoms with E-state index in [2.05, 4.69) is 0 Å². The Morgan fingerprint density at radius 2 is 2.17 bits per heavy atom. The first-order valence-electron chi connectivity index (χ1n) is 8.26. The van der Waals surface area contributed by atoms with Gasteiger partial charge in [-0.2, -0.15) is 0 Å². The molecule has 0 aliphatic carbocycles. The molecule has 1 saturated heterocycles. The van der Waals surface area contributed by atoms with Crippen LogP contribution in [0.5, 0.6) is 5.75 Å². The zero-order valence-electron chi connectivity index (χ0n) is 14.3. The number of likely N-dealkylation sites (tertiary alicyclic amines) is 1. The van der Waals surface area contributed by atoms with Crippen LogP contribution < -0.4 is 4.74 Å². The van der Waals surface area contributed by atoms with Crippen LogP contribution in [0, 0.1) is 0 Å². The van der Waals surface area contributed by atoms with Crippen LogP contribution in [0.2, 0.25) is 0 Å². The normalized spacial score (nSPS) is 19.9. The van der Waals surface area contributed by atoms with Crippen molar-refractivity contribution in [3.8, 4) is 5.75 Å². The fraction of sp³-hybridized carbons (Fsp3) is 0.556. The van der Waals surface area contributed by atoms with E-state index in [9.17, 15) is 9.59 Å². The van der Waals surface area contributed by atoms with Gasteiger partial charge >= 0.3 is 12.1 Å². The van der Waals surface area contributed by atoms with Gasteiger partial charge < -0.3 is 19.1 Å². The van der Waals surface area contributed by atoms with Crippen LogP contribution in [-0.2, 0) is 16.1 Å². The Morgan fingerprint density at radius 1 is 1.38 bits per heavy atom. The van der Waals surface area contributed by atoms with Gasteiger partial charge in [-0.25, -0.2) is 9.59 Å². The molecule has 130 valence electrons. The molecule has 0 saturated carbocycles. The van der Waals surface area contributed by atoms with Gasteiger partial charge in [-0.15, -0.1) is 0 Å². The van der Waals surface area contributed by atoms with Gasteiger partial charge in [-0.1, -0.05) is 0 Å². The number of carbonyl (C=O) groups is 2. The van der Waals surface area contributed by atoms with Crippen LogP contribution in [0.3, 0.4) is 0 Å². The largest absolute Gasteiger partial charge is 0.491 e. The molecule has 0 aromatic heterocycles. The first kappa shape index (κ1) is 16.6. The molecule has 0 N–H and O–H groups in total. The third-order valence-electron chi connectivity index (χ3n) is 4.10. The van der Waals surface area contributed by atoms with E-state index >= 15 is 0 Å². The van der Waals surface area contributed by atoms with Crippen molar-refractivity contribution < 1.29 is 23.8 Å². The molecule has 2 heterocycles. The molecular formula is C18H23NO5. The lowest BCUT2D eigenvalue weighted by Gasteiger charge is -2.28. The second-order valence-electron chi connectivity index (χ2n) is 7.18. The number of ether oxygens (including phenoxy) is 3. The number of fused-ring (bicyclic) bond motifs is 1. The zero-order chi connectivity index (χ0) is 17.3. The van der Waals surface area contributed by atoms with Crippen LogP contribution in [0.25, 0.3) is 0 Å². The molecule has 1 aromatic rings. The van der Waals surface area contributed by atoms with E-state index < -0.39 is 5.60 Å². The molecule has 0 spiro atoms. The summed E-state index contributed by atoms with van der Waals surface area (Å²) in [4.78, 5) is 25.5. The van der Waals surface area contributed by atoms with Crippen molar-refractivity contribution in [3.63, 3.8) is 0 Å². The highest BCUT2D eigenvalue weighted by molar-refractivity contribution is 5.93. The average molecular weight is 333 g/mol. The number of carbonyl (C=O) groups excluding carboxylic acids is 2. The van der Waals surface area contributed by atoms with Crippen molar-refractivity contribution >= 4 is 12.1 Å². The third-order valence-corrected chi connectivity index (χ3v) is 4.10. The Hall–Kier alpha value is -2.24. The Labute approximate surface area is 141 Å². The van der Waals surface area contributed by atoms with Crippen LogP contribution in [0.4, 0.5) is 4.79 Å². The summed E-state index contributed by atoms with van der Waals surface area (Å²) < 4.78 is 16.3. The highest BCUT2D eigenvalue weighted by Crippen LogP contribution is 2.26. The summed E-state index contributed by atoms with van der Waals surface area (Å²) in [6, 6.07) is 5.32. The number of nitrogens with zero attached hydrogens (tertiary/aromatic N) is 1. The maximum Gasteiger partial charge on any atom is 0.410 e. The summed E-state index contributed by atoms with van der Waals surface area (Å²) >= 11 is 0. The van der Waals surface area contributed by atoms with E-state index in [4.69, 9.17) is 14.2 Å². The van der Waals surface area contributed by atoms with Crippen LogP contribution in [0.15, 0.2) is 18.2 Å². The summed E-state index contributed by atoms with van der Waals surface area (Å²) in [5.41, 5.74) is 0.934. The minimum absolute atomic E-state index is 0.00554. The molecular weight excluding hydrogens is 310 g/mol. The average Bonchev–Trinajstić information content (AvgIpc) is 3.10. The Morgan fingerprint density at radius 3 is 2.92 bits per heavy atom. The number of esters is 1. The van der Waals surface area contributed by atoms with Crippen molar-refractivity contribution in [3.05, 3.63) is 29.3 Å². The van der Waals surface area contributed by atoms with Crippen molar-refractivity contribution in [2.24, 2.45) is 0 Å². The summed E-state index contributed by atoms with van der Waals surface area (Å²) in [7, 11) is 0. The maximum absolute atomic E-state index is 12.3. The van der Waals surface area contributed by atoms with Gasteiger partial charge in [0.25, 0.3) is 0 Å². The van der Waals surface area contributed by atoms with Gasteiger partial charge in [-0.3, -0.25) is 0 Å². The number of hydrogen-bond donors (Lipinski definition) is 0. The van der Waals surface area contributed by atoms with Gasteiger partial charge in [0.1, 0.15) is 24.6 Å². The van der Waals surface area contributed by atoms with Gasteiger partial charge in [-0.05, 0) is 51.8 Å². The summed E-state index contributed by atoms with van der Waals surface area (Å²) in [5.74, 6) is 0.395. The minimum atomic E-state index is -0.502. The number of benzene rings is 1. The molecule has 2 aliphatic rings. The molecule has 3 rings (SSSR count). The summed E-state index contributed by atoms with van der Waals surface area (Å²) in [6.07, 6.45) is 1.55. The Kier molecular flexibility index (Phi) is 4.39. The molecule has 6 heteroatoms. The molecule has 0 radical (unpaired) electrons. The molecule has 1 aromatic carbocycles. The highest BCUT2D eigenvalue weighted by atomic mass is 16.6. The monoisotopic (exact) mass is 333 g/mol. The van der Waals surface area contributed by atoms with E-state index in [-0.39, 0.29) is 18.1 Å². The molecule has 1 atom stereocenters. The second-order valence-corrected chi connectivity index (χ2v) is 7.18. The standard InChI is InChI=1S/C18H23NO5/c1-18(2,3)24-17(21)19-8-4-5-13(19)11-22-14-6-7-15-12(9-14)10-23-16(15)20/h6-7,9,13H,4-5,8,10-11H2,1-3H3. The topological polar surface area (TPSA) is 65.1 Å². The van der Waals surface area contributed by atoms with Crippen LogP contribution >= 0.6 is 0 Å². The molecule has 2 aliphatic heterocycles. The van der Waals surface area contributed by atoms with E-state index in [0.717, 1.165) is 18.4 Å². The molecule has 1 unspecified atom stereocenters. The predicted octanol–water partition coefficient (Wildman–Crippen LogP) is 3.14. The molecule has 1 amide bonds. The third kappa shape index (κ3) is 3.63. The quantitative estimate of drug-likeness (QED) is 0.795. The van der Waals surface area contributed by atoms with Crippen molar-refractivity contribution in [2.75, 3.05) is 13.2 Å². The van der Waals surface area contributed by atoms with Gasteiger partial charge in [0.05, 0.1) is 11.6 Å². The lowest BCUT2D eigenvalue weighted by molar-refractivity contribution is 0.0187. The fourth-order valence-corrected chi connectivity index (χ4v) is 2.96. The van der Waals surface area contributed by atoms with Gasteiger partial charge in [0.15, 0.2) is 0 Å². The predicted molar refractivity (Wildman–Crippen MR) is 87.0 cm³/mol. The number of amides is 1. The number of hydrogen-bond acceptors (Lipinski definition) is 5.